The van der Waals surface area contributed by atoms with Gasteiger partial charge in [-0.3, -0.25) is 0 Å². The average Bonchev–Trinajstić information content (AvgIpc) is 3.49. The number of aliphatic hydroxyl groups is 3. The van der Waals surface area contributed by atoms with Crippen molar-refractivity contribution >= 4 is 12.3 Å². The first-order valence-corrected chi connectivity index (χ1v) is 15.3. The van der Waals surface area contributed by atoms with Crippen LogP contribution in [0.5, 0.6) is 0 Å². The zero-order chi connectivity index (χ0) is 29.4. The molecule has 0 spiro atoms. The highest BCUT2D eigenvalue weighted by atomic mass is 16.7. The summed E-state index contributed by atoms with van der Waals surface area (Å²) in [5.41, 5.74) is -2.66. The van der Waals surface area contributed by atoms with Crippen LogP contribution in [-0.2, 0) is 33.3 Å². The van der Waals surface area contributed by atoms with E-state index in [-0.39, 0.29) is 36.2 Å². The minimum absolute atomic E-state index is 0.0677. The van der Waals surface area contributed by atoms with Crippen molar-refractivity contribution in [2.45, 2.75) is 120 Å². The summed E-state index contributed by atoms with van der Waals surface area (Å²) in [5.74, 6) is -0.499. The molecule has 10 heteroatoms. The summed E-state index contributed by atoms with van der Waals surface area (Å²) in [4.78, 5) is 24.9. The number of fused-ring (bicyclic) bond motifs is 5. The Bertz CT molecular complexity index is 1080. The highest BCUT2D eigenvalue weighted by Gasteiger charge is 2.71. The third-order valence-electron chi connectivity index (χ3n) is 12.5. The molecule has 0 radical (unpaired) electrons. The number of hydrogen-bond acceptors (Lipinski definition) is 10. The Morgan fingerprint density at radius 1 is 1.00 bits per heavy atom. The molecule has 0 aromatic carbocycles. The first kappa shape index (κ1) is 29.7. The van der Waals surface area contributed by atoms with Crippen molar-refractivity contribution in [3.8, 4) is 0 Å². The lowest BCUT2D eigenvalue weighted by Gasteiger charge is -2.65. The number of cyclic esters (lactones) is 1. The Hall–Kier alpha value is -1.40. The third kappa shape index (κ3) is 4.15. The van der Waals surface area contributed by atoms with E-state index in [1.54, 1.807) is 13.0 Å². The second-order valence-corrected chi connectivity index (χ2v) is 13.8. The molecule has 4 saturated carbocycles. The van der Waals surface area contributed by atoms with Crippen molar-refractivity contribution in [1.82, 2.24) is 0 Å². The molecule has 6 rings (SSSR count). The van der Waals surface area contributed by atoms with Gasteiger partial charge >= 0.3 is 5.97 Å². The molecule has 3 N–H and O–H groups in total. The topological polar surface area (TPSA) is 141 Å². The molecule has 4 aliphatic carbocycles. The van der Waals surface area contributed by atoms with E-state index in [1.807, 2.05) is 0 Å². The van der Waals surface area contributed by atoms with Crippen molar-refractivity contribution in [2.24, 2.45) is 28.6 Å². The summed E-state index contributed by atoms with van der Waals surface area (Å²) in [6, 6.07) is 0. The number of aliphatic hydroxyl groups excluding tert-OH is 1. The zero-order valence-corrected chi connectivity index (χ0v) is 24.6. The number of aldehydes is 1. The molecule has 0 bridgehead atoms. The van der Waals surface area contributed by atoms with E-state index in [9.17, 15) is 24.9 Å². The Morgan fingerprint density at radius 3 is 2.39 bits per heavy atom. The van der Waals surface area contributed by atoms with Gasteiger partial charge in [0, 0.05) is 32.1 Å². The smallest absolute Gasteiger partial charge is 0.331 e. The van der Waals surface area contributed by atoms with Crippen LogP contribution < -0.4 is 0 Å². The van der Waals surface area contributed by atoms with Gasteiger partial charge < -0.3 is 43.8 Å². The highest BCUT2D eigenvalue weighted by molar-refractivity contribution is 5.85. The van der Waals surface area contributed by atoms with Crippen LogP contribution in [-0.4, -0.2) is 96.4 Å². The van der Waals surface area contributed by atoms with E-state index in [0.717, 1.165) is 31.1 Å². The molecule has 2 aliphatic heterocycles. The zero-order valence-electron chi connectivity index (χ0n) is 24.6. The Kier molecular flexibility index (Phi) is 7.49. The van der Waals surface area contributed by atoms with E-state index in [0.29, 0.717) is 38.7 Å². The predicted octanol–water partition coefficient (Wildman–Crippen LogP) is 2.06. The number of carbonyl (C=O) groups is 2. The molecule has 10 nitrogen and oxygen atoms in total. The minimum Gasteiger partial charge on any atom is -0.458 e. The van der Waals surface area contributed by atoms with E-state index in [1.165, 1.54) is 14.2 Å². The molecule has 13 atom stereocenters. The molecule has 0 aromatic rings. The fraction of sp³-hybridized carbons (Fsp3) is 0.871. The van der Waals surface area contributed by atoms with Crippen LogP contribution in [0.15, 0.2) is 11.6 Å². The summed E-state index contributed by atoms with van der Waals surface area (Å²) in [6.07, 6.45) is 3.93. The van der Waals surface area contributed by atoms with Crippen LogP contribution in [0.2, 0.25) is 0 Å². The Morgan fingerprint density at radius 2 is 1.73 bits per heavy atom. The van der Waals surface area contributed by atoms with Gasteiger partial charge in [0.2, 0.25) is 0 Å². The molecule has 1 saturated heterocycles. The van der Waals surface area contributed by atoms with E-state index in [2.05, 4.69) is 6.92 Å². The van der Waals surface area contributed by atoms with Crippen LogP contribution in [0.3, 0.4) is 0 Å². The van der Waals surface area contributed by atoms with Crippen molar-refractivity contribution in [2.75, 3.05) is 20.8 Å². The van der Waals surface area contributed by atoms with Crippen LogP contribution in [0.1, 0.15) is 71.6 Å². The maximum absolute atomic E-state index is 13.1. The lowest BCUT2D eigenvalue weighted by Crippen LogP contribution is -2.69. The quantitative estimate of drug-likeness (QED) is 0.244. The summed E-state index contributed by atoms with van der Waals surface area (Å²) in [6.45, 7) is 4.20. The molecule has 0 aromatic heterocycles. The maximum Gasteiger partial charge on any atom is 0.331 e. The van der Waals surface area contributed by atoms with Crippen molar-refractivity contribution in [1.29, 1.82) is 0 Å². The van der Waals surface area contributed by atoms with Crippen LogP contribution in [0.25, 0.3) is 0 Å². The van der Waals surface area contributed by atoms with Gasteiger partial charge in [0.25, 0.3) is 0 Å². The lowest BCUT2D eigenvalue weighted by atomic mass is 9.41. The molecule has 230 valence electrons. The number of methoxy groups -OCH3 is 2. The van der Waals surface area contributed by atoms with Crippen LogP contribution in [0.4, 0.5) is 0 Å². The van der Waals surface area contributed by atoms with E-state index in [4.69, 9.17) is 23.7 Å². The molecule has 2 heterocycles. The number of hydrogen-bond donors (Lipinski definition) is 3. The van der Waals surface area contributed by atoms with E-state index < -0.39 is 52.7 Å². The fourth-order valence-electron chi connectivity index (χ4n) is 10.2. The number of rotatable bonds is 6. The van der Waals surface area contributed by atoms with Gasteiger partial charge in [-0.2, -0.15) is 0 Å². The normalized spacial score (nSPS) is 53.1. The van der Waals surface area contributed by atoms with Crippen molar-refractivity contribution in [3.63, 3.8) is 0 Å². The predicted molar refractivity (Wildman–Crippen MR) is 144 cm³/mol. The van der Waals surface area contributed by atoms with Crippen LogP contribution in [0, 0.1) is 28.6 Å². The van der Waals surface area contributed by atoms with Crippen LogP contribution >= 0.6 is 0 Å². The second-order valence-electron chi connectivity index (χ2n) is 13.8. The standard InChI is InChI=1S/C31H46O10/c1-17-24(34)25(37-3)26(38-4)27(40-17)41-19-5-10-29(16-32)21-6-9-28(2)20(18-13-23(33)39-15-18)8-12-31(28,36)22(21)7-11-30(29,35)14-19/h13,16-17,19-22,24-27,34-36H,5-12,14-15H2,1-4H3. The Labute approximate surface area is 241 Å². The molecule has 0 amide bonds. The molecule has 41 heavy (non-hydrogen) atoms. The first-order chi connectivity index (χ1) is 19.5. The summed E-state index contributed by atoms with van der Waals surface area (Å²) < 4.78 is 28.7. The molecule has 6 aliphatic rings. The van der Waals surface area contributed by atoms with Crippen molar-refractivity contribution < 1.29 is 48.6 Å². The molecule has 13 unspecified atom stereocenters. The second kappa shape index (κ2) is 10.4. The summed E-state index contributed by atoms with van der Waals surface area (Å²) in [7, 11) is 3.04. The van der Waals surface area contributed by atoms with Gasteiger partial charge in [-0.25, -0.2) is 4.79 Å². The highest BCUT2D eigenvalue weighted by Crippen LogP contribution is 2.70. The minimum atomic E-state index is -1.27. The van der Waals surface area contributed by atoms with Gasteiger partial charge in [-0.15, -0.1) is 0 Å². The van der Waals surface area contributed by atoms with Gasteiger partial charge in [0.15, 0.2) is 6.29 Å². The molecular weight excluding hydrogens is 532 g/mol. The number of ether oxygens (including phenoxy) is 5. The lowest BCUT2D eigenvalue weighted by molar-refractivity contribution is -0.323. The maximum atomic E-state index is 13.1. The fourth-order valence-corrected chi connectivity index (χ4v) is 10.2. The summed E-state index contributed by atoms with van der Waals surface area (Å²) in [5, 5.41) is 35.2. The van der Waals surface area contributed by atoms with Gasteiger partial charge in [-0.05, 0) is 81.6 Å². The SMILES string of the molecule is COC1C(OC2CCC3(C=O)C4CCC5(C)C(C6=CC(=O)OC6)CCC5(O)C4CCC3(O)C2)OC(C)C(O)C1OC. The van der Waals surface area contributed by atoms with Crippen molar-refractivity contribution in [3.05, 3.63) is 11.6 Å². The van der Waals surface area contributed by atoms with E-state index >= 15 is 0 Å². The van der Waals surface area contributed by atoms with Gasteiger partial charge in [0.1, 0.15) is 31.2 Å². The summed E-state index contributed by atoms with van der Waals surface area (Å²) >= 11 is 0. The van der Waals surface area contributed by atoms with Gasteiger partial charge in [-0.1, -0.05) is 6.92 Å². The average molecular weight is 579 g/mol. The van der Waals surface area contributed by atoms with Gasteiger partial charge in [0.05, 0.1) is 28.8 Å². The number of esters is 1. The largest absolute Gasteiger partial charge is 0.458 e. The third-order valence-corrected chi connectivity index (χ3v) is 12.5. The number of carbonyl (C=O) groups excluding carboxylic acids is 2. The molecular formula is C31H46O10. The Balaban J connectivity index is 1.22. The molecule has 5 fully saturated rings. The monoisotopic (exact) mass is 578 g/mol. The first-order valence-electron chi connectivity index (χ1n) is 15.3.